The number of nitrogens with zero attached hydrogens (tertiary/aromatic N) is 6. The number of carbonyl (C=O) groups excluding carboxylic acids is 1. The SMILES string of the molecule is Cc1cccc(OCC(=O)N2CCN(Cc3nnnn3-c3ccc(F)cc3)CC2)c1. The van der Waals surface area contributed by atoms with Crippen molar-refractivity contribution in [1.29, 1.82) is 0 Å². The predicted octanol–water partition coefficient (Wildman–Crippen LogP) is 1.83. The predicted molar refractivity (Wildman–Crippen MR) is 108 cm³/mol. The number of ether oxygens (including phenoxy) is 1. The van der Waals surface area contributed by atoms with Crippen LogP contribution in [0.25, 0.3) is 5.69 Å². The van der Waals surface area contributed by atoms with E-state index in [9.17, 15) is 9.18 Å². The molecule has 0 atom stereocenters. The number of aromatic nitrogens is 4. The molecule has 0 saturated carbocycles. The summed E-state index contributed by atoms with van der Waals surface area (Å²) in [5.74, 6) is 1.05. The first kappa shape index (κ1) is 20.0. The molecule has 1 aliphatic rings. The van der Waals surface area contributed by atoms with Crippen LogP contribution in [-0.4, -0.2) is 68.7 Å². The Morgan fingerprint density at radius 1 is 1.10 bits per heavy atom. The molecule has 30 heavy (non-hydrogen) atoms. The van der Waals surface area contributed by atoms with Crippen molar-refractivity contribution in [1.82, 2.24) is 30.0 Å². The van der Waals surface area contributed by atoms with E-state index < -0.39 is 0 Å². The van der Waals surface area contributed by atoms with Crippen LogP contribution in [0, 0.1) is 12.7 Å². The van der Waals surface area contributed by atoms with Crippen LogP contribution in [0.15, 0.2) is 48.5 Å². The summed E-state index contributed by atoms with van der Waals surface area (Å²) >= 11 is 0. The first-order valence-electron chi connectivity index (χ1n) is 9.81. The van der Waals surface area contributed by atoms with Crippen LogP contribution >= 0.6 is 0 Å². The van der Waals surface area contributed by atoms with Crippen LogP contribution < -0.4 is 4.74 Å². The van der Waals surface area contributed by atoms with E-state index in [0.29, 0.717) is 50.0 Å². The van der Waals surface area contributed by atoms with Crippen molar-refractivity contribution in [3.63, 3.8) is 0 Å². The molecule has 1 fully saturated rings. The average molecular weight is 410 g/mol. The molecule has 0 bridgehead atoms. The fraction of sp³-hybridized carbons (Fsp3) is 0.333. The summed E-state index contributed by atoms with van der Waals surface area (Å²) in [6, 6.07) is 13.7. The number of aryl methyl sites for hydroxylation is 1. The van der Waals surface area contributed by atoms with E-state index in [-0.39, 0.29) is 18.3 Å². The molecule has 0 N–H and O–H groups in total. The van der Waals surface area contributed by atoms with Crippen LogP contribution in [0.2, 0.25) is 0 Å². The van der Waals surface area contributed by atoms with Gasteiger partial charge in [-0.25, -0.2) is 4.39 Å². The van der Waals surface area contributed by atoms with Crippen molar-refractivity contribution in [3.05, 3.63) is 65.7 Å². The number of hydrogen-bond donors (Lipinski definition) is 0. The molecule has 0 unspecified atom stereocenters. The Morgan fingerprint density at radius 3 is 2.60 bits per heavy atom. The molecule has 8 nitrogen and oxygen atoms in total. The molecular weight excluding hydrogens is 387 g/mol. The largest absolute Gasteiger partial charge is 0.484 e. The normalized spacial score (nSPS) is 14.7. The molecule has 1 aromatic heterocycles. The highest BCUT2D eigenvalue weighted by Crippen LogP contribution is 2.14. The highest BCUT2D eigenvalue weighted by atomic mass is 19.1. The minimum absolute atomic E-state index is 0.0210. The second kappa shape index (κ2) is 9.00. The zero-order valence-corrected chi connectivity index (χ0v) is 16.7. The smallest absolute Gasteiger partial charge is 0.260 e. The van der Waals surface area contributed by atoms with Gasteiger partial charge in [-0.3, -0.25) is 9.69 Å². The van der Waals surface area contributed by atoms with Gasteiger partial charge in [0, 0.05) is 26.2 Å². The van der Waals surface area contributed by atoms with Gasteiger partial charge in [0.1, 0.15) is 11.6 Å². The molecule has 4 rings (SSSR count). The van der Waals surface area contributed by atoms with Gasteiger partial charge in [0.25, 0.3) is 5.91 Å². The minimum atomic E-state index is -0.305. The number of tetrazole rings is 1. The first-order chi connectivity index (χ1) is 14.6. The van der Waals surface area contributed by atoms with E-state index in [1.165, 1.54) is 12.1 Å². The molecule has 1 aliphatic heterocycles. The van der Waals surface area contributed by atoms with E-state index in [4.69, 9.17) is 4.74 Å². The van der Waals surface area contributed by atoms with Crippen LogP contribution in [0.3, 0.4) is 0 Å². The van der Waals surface area contributed by atoms with Crippen molar-refractivity contribution in [2.75, 3.05) is 32.8 Å². The van der Waals surface area contributed by atoms with E-state index in [2.05, 4.69) is 20.4 Å². The fourth-order valence-electron chi connectivity index (χ4n) is 3.38. The van der Waals surface area contributed by atoms with Crippen LogP contribution in [0.5, 0.6) is 5.75 Å². The fourth-order valence-corrected chi connectivity index (χ4v) is 3.38. The maximum Gasteiger partial charge on any atom is 0.260 e. The van der Waals surface area contributed by atoms with E-state index in [1.807, 2.05) is 36.1 Å². The summed E-state index contributed by atoms with van der Waals surface area (Å²) in [6.45, 7) is 5.24. The van der Waals surface area contributed by atoms with E-state index in [1.54, 1.807) is 16.8 Å². The Bertz CT molecular complexity index is 999. The molecule has 2 aromatic carbocycles. The van der Waals surface area contributed by atoms with Crippen molar-refractivity contribution >= 4 is 5.91 Å². The van der Waals surface area contributed by atoms with Gasteiger partial charge in [0.05, 0.1) is 12.2 Å². The molecule has 0 aliphatic carbocycles. The van der Waals surface area contributed by atoms with Crippen molar-refractivity contribution in [3.8, 4) is 11.4 Å². The molecule has 1 amide bonds. The van der Waals surface area contributed by atoms with Crippen molar-refractivity contribution < 1.29 is 13.9 Å². The van der Waals surface area contributed by atoms with Gasteiger partial charge in [-0.15, -0.1) is 5.10 Å². The summed E-state index contributed by atoms with van der Waals surface area (Å²) in [5, 5.41) is 11.9. The van der Waals surface area contributed by atoms with Crippen molar-refractivity contribution in [2.45, 2.75) is 13.5 Å². The molecule has 0 spiro atoms. The lowest BCUT2D eigenvalue weighted by atomic mass is 10.2. The van der Waals surface area contributed by atoms with Gasteiger partial charge in [-0.05, 0) is 59.3 Å². The Labute approximate surface area is 173 Å². The molecule has 9 heteroatoms. The third-order valence-corrected chi connectivity index (χ3v) is 5.05. The van der Waals surface area contributed by atoms with Crippen LogP contribution in [0.4, 0.5) is 4.39 Å². The second-order valence-electron chi connectivity index (χ2n) is 7.25. The number of benzene rings is 2. The molecule has 3 aromatic rings. The number of piperazine rings is 1. The van der Waals surface area contributed by atoms with E-state index in [0.717, 1.165) is 5.56 Å². The average Bonchev–Trinajstić information content (AvgIpc) is 3.21. The Hall–Kier alpha value is -3.33. The number of amides is 1. The lowest BCUT2D eigenvalue weighted by Gasteiger charge is -2.34. The minimum Gasteiger partial charge on any atom is -0.484 e. The molecule has 1 saturated heterocycles. The molecule has 2 heterocycles. The third kappa shape index (κ3) is 4.80. The van der Waals surface area contributed by atoms with Gasteiger partial charge in [-0.2, -0.15) is 4.68 Å². The highest BCUT2D eigenvalue weighted by molar-refractivity contribution is 5.77. The van der Waals surface area contributed by atoms with E-state index >= 15 is 0 Å². The Morgan fingerprint density at radius 2 is 1.87 bits per heavy atom. The summed E-state index contributed by atoms with van der Waals surface area (Å²) in [5.41, 5.74) is 1.80. The molecular formula is C21H23FN6O2. The van der Waals surface area contributed by atoms with Gasteiger partial charge < -0.3 is 9.64 Å². The van der Waals surface area contributed by atoms with Crippen LogP contribution in [-0.2, 0) is 11.3 Å². The quantitative estimate of drug-likeness (QED) is 0.617. The summed E-state index contributed by atoms with van der Waals surface area (Å²) in [4.78, 5) is 16.5. The molecule has 156 valence electrons. The molecule has 0 radical (unpaired) electrons. The zero-order chi connectivity index (χ0) is 20.9. The summed E-state index contributed by atoms with van der Waals surface area (Å²) < 4.78 is 20.4. The van der Waals surface area contributed by atoms with Crippen LogP contribution in [0.1, 0.15) is 11.4 Å². The van der Waals surface area contributed by atoms with Gasteiger partial charge >= 0.3 is 0 Å². The topological polar surface area (TPSA) is 76.4 Å². The summed E-state index contributed by atoms with van der Waals surface area (Å²) in [6.07, 6.45) is 0. The third-order valence-electron chi connectivity index (χ3n) is 5.05. The first-order valence-corrected chi connectivity index (χ1v) is 9.81. The maximum atomic E-state index is 13.2. The number of carbonyl (C=O) groups is 1. The number of hydrogen-bond acceptors (Lipinski definition) is 6. The Kier molecular flexibility index (Phi) is 5.99. The standard InChI is InChI=1S/C21H23FN6O2/c1-16-3-2-4-19(13-16)30-15-21(29)27-11-9-26(10-12-27)14-20-23-24-25-28(20)18-7-5-17(22)6-8-18/h2-8,13H,9-12,14-15H2,1H3. The lowest BCUT2D eigenvalue weighted by Crippen LogP contribution is -2.49. The zero-order valence-electron chi connectivity index (χ0n) is 16.7. The lowest BCUT2D eigenvalue weighted by molar-refractivity contribution is -0.135. The summed E-state index contributed by atoms with van der Waals surface area (Å²) in [7, 11) is 0. The van der Waals surface area contributed by atoms with Gasteiger partial charge in [-0.1, -0.05) is 12.1 Å². The van der Waals surface area contributed by atoms with Gasteiger partial charge in [0.15, 0.2) is 12.4 Å². The maximum absolute atomic E-state index is 13.2. The highest BCUT2D eigenvalue weighted by Gasteiger charge is 2.23. The van der Waals surface area contributed by atoms with Crippen molar-refractivity contribution in [2.24, 2.45) is 0 Å². The monoisotopic (exact) mass is 410 g/mol. The Balaban J connectivity index is 1.28. The second-order valence-corrected chi connectivity index (χ2v) is 7.25. The number of rotatable bonds is 6. The number of halogens is 1. The van der Waals surface area contributed by atoms with Gasteiger partial charge in [0.2, 0.25) is 0 Å².